The van der Waals surface area contributed by atoms with Gasteiger partial charge in [0, 0.05) is 42.8 Å². The quantitative estimate of drug-likeness (QED) is 0.631. The molecule has 1 saturated carbocycles. The normalized spacial score (nSPS) is 18.5. The molecule has 1 aliphatic heterocycles. The SMILES string of the molecule is Nc1nc(NC2CCCCC2)c2cc(-c3cnn(CCN4CCOCC4)c3)ccc2n1. The lowest BCUT2D eigenvalue weighted by atomic mass is 9.95. The average Bonchev–Trinajstić information content (AvgIpc) is 3.28. The minimum atomic E-state index is 0.314. The van der Waals surface area contributed by atoms with Crippen molar-refractivity contribution in [1.29, 1.82) is 0 Å². The first kappa shape index (κ1) is 20.2. The molecule has 1 aliphatic carbocycles. The number of morpholine rings is 1. The van der Waals surface area contributed by atoms with Crippen LogP contribution in [0.15, 0.2) is 30.6 Å². The fourth-order valence-corrected chi connectivity index (χ4v) is 4.58. The van der Waals surface area contributed by atoms with Gasteiger partial charge in [-0.1, -0.05) is 25.3 Å². The van der Waals surface area contributed by atoms with E-state index >= 15 is 0 Å². The number of fused-ring (bicyclic) bond motifs is 1. The average molecular weight is 422 g/mol. The van der Waals surface area contributed by atoms with Crippen LogP contribution >= 0.6 is 0 Å². The minimum Gasteiger partial charge on any atom is -0.379 e. The maximum atomic E-state index is 5.99. The first-order chi connectivity index (χ1) is 15.2. The second-order valence-corrected chi connectivity index (χ2v) is 8.59. The second-order valence-electron chi connectivity index (χ2n) is 8.59. The van der Waals surface area contributed by atoms with Gasteiger partial charge < -0.3 is 15.8 Å². The molecule has 164 valence electrons. The van der Waals surface area contributed by atoms with Crippen molar-refractivity contribution in [2.45, 2.75) is 44.7 Å². The molecule has 8 heteroatoms. The number of aromatic nitrogens is 4. The van der Waals surface area contributed by atoms with Crippen molar-refractivity contribution in [2.75, 3.05) is 43.9 Å². The third-order valence-electron chi connectivity index (χ3n) is 6.37. The van der Waals surface area contributed by atoms with E-state index in [-0.39, 0.29) is 0 Å². The lowest BCUT2D eigenvalue weighted by Gasteiger charge is -2.26. The minimum absolute atomic E-state index is 0.314. The molecule has 1 saturated heterocycles. The summed E-state index contributed by atoms with van der Waals surface area (Å²) in [6.45, 7) is 5.51. The molecule has 0 atom stereocenters. The van der Waals surface area contributed by atoms with E-state index in [1.807, 2.05) is 16.9 Å². The molecule has 0 spiro atoms. The van der Waals surface area contributed by atoms with E-state index in [9.17, 15) is 0 Å². The predicted octanol–water partition coefficient (Wildman–Crippen LogP) is 3.15. The van der Waals surface area contributed by atoms with Gasteiger partial charge in [0.25, 0.3) is 0 Å². The number of nitrogens with zero attached hydrogens (tertiary/aromatic N) is 5. The fourth-order valence-electron chi connectivity index (χ4n) is 4.58. The first-order valence-corrected chi connectivity index (χ1v) is 11.4. The van der Waals surface area contributed by atoms with Crippen molar-refractivity contribution in [3.8, 4) is 11.1 Å². The summed E-state index contributed by atoms with van der Waals surface area (Å²) < 4.78 is 7.45. The highest BCUT2D eigenvalue weighted by atomic mass is 16.5. The van der Waals surface area contributed by atoms with Gasteiger partial charge in [-0.15, -0.1) is 0 Å². The summed E-state index contributed by atoms with van der Waals surface area (Å²) in [5, 5.41) is 9.23. The molecule has 0 amide bonds. The van der Waals surface area contributed by atoms with Crippen molar-refractivity contribution >= 4 is 22.7 Å². The third kappa shape index (κ3) is 4.80. The van der Waals surface area contributed by atoms with Crippen LogP contribution in [0, 0.1) is 0 Å². The van der Waals surface area contributed by atoms with Gasteiger partial charge in [0.05, 0.1) is 31.5 Å². The molecule has 2 fully saturated rings. The number of hydrogen-bond acceptors (Lipinski definition) is 7. The van der Waals surface area contributed by atoms with Crippen LogP contribution in [0.25, 0.3) is 22.0 Å². The van der Waals surface area contributed by atoms with Crippen LogP contribution in [0.2, 0.25) is 0 Å². The lowest BCUT2D eigenvalue weighted by molar-refractivity contribution is 0.0360. The standard InChI is InChI=1S/C23H31N7O/c24-23-27-21-7-6-17(14-20(21)22(28-23)26-19-4-2-1-3-5-19)18-15-25-30(16-18)9-8-29-10-12-31-13-11-29/h6-7,14-16,19H,1-5,8-13H2,(H3,24,26,27,28). The van der Waals surface area contributed by atoms with E-state index in [0.717, 1.165) is 67.2 Å². The smallest absolute Gasteiger partial charge is 0.222 e. The predicted molar refractivity (Wildman–Crippen MR) is 123 cm³/mol. The van der Waals surface area contributed by atoms with Crippen LogP contribution in [-0.4, -0.2) is 63.5 Å². The monoisotopic (exact) mass is 421 g/mol. The zero-order valence-electron chi connectivity index (χ0n) is 18.0. The van der Waals surface area contributed by atoms with E-state index in [1.165, 1.54) is 32.1 Å². The summed E-state index contributed by atoms with van der Waals surface area (Å²) in [7, 11) is 0. The summed E-state index contributed by atoms with van der Waals surface area (Å²) in [6, 6.07) is 6.73. The van der Waals surface area contributed by atoms with Gasteiger partial charge in [-0.2, -0.15) is 10.1 Å². The Labute approximate surface area is 182 Å². The molecule has 3 heterocycles. The van der Waals surface area contributed by atoms with Gasteiger partial charge in [0.2, 0.25) is 5.95 Å². The Hall–Kier alpha value is -2.71. The molecule has 0 radical (unpaired) electrons. The Balaban J connectivity index is 1.35. The summed E-state index contributed by atoms with van der Waals surface area (Å²) in [6.07, 6.45) is 10.3. The van der Waals surface area contributed by atoms with Crippen LogP contribution in [0.1, 0.15) is 32.1 Å². The molecule has 0 unspecified atom stereocenters. The molecule has 1 aromatic carbocycles. The zero-order valence-corrected chi connectivity index (χ0v) is 18.0. The number of hydrogen-bond donors (Lipinski definition) is 2. The molecule has 5 rings (SSSR count). The number of rotatable bonds is 6. The van der Waals surface area contributed by atoms with E-state index in [1.54, 1.807) is 0 Å². The van der Waals surface area contributed by atoms with Gasteiger partial charge in [0.1, 0.15) is 5.82 Å². The van der Waals surface area contributed by atoms with Gasteiger partial charge in [0.15, 0.2) is 0 Å². The Kier molecular flexibility index (Phi) is 5.99. The summed E-state index contributed by atoms with van der Waals surface area (Å²) in [5.41, 5.74) is 9.08. The molecule has 0 bridgehead atoms. The molecular weight excluding hydrogens is 390 g/mol. The molecule has 31 heavy (non-hydrogen) atoms. The van der Waals surface area contributed by atoms with Crippen molar-refractivity contribution in [3.63, 3.8) is 0 Å². The highest BCUT2D eigenvalue weighted by Gasteiger charge is 2.17. The maximum absolute atomic E-state index is 5.99. The molecule has 8 nitrogen and oxygen atoms in total. The number of ether oxygens (including phenoxy) is 1. The fraction of sp³-hybridized carbons (Fsp3) is 0.522. The summed E-state index contributed by atoms with van der Waals surface area (Å²) in [4.78, 5) is 11.4. The van der Waals surface area contributed by atoms with Crippen LogP contribution in [0.4, 0.5) is 11.8 Å². The second kappa shape index (κ2) is 9.20. The number of nitrogen functional groups attached to an aromatic ring is 1. The summed E-state index contributed by atoms with van der Waals surface area (Å²) >= 11 is 0. The van der Waals surface area contributed by atoms with E-state index in [0.29, 0.717) is 12.0 Å². The molecule has 3 aromatic rings. The Morgan fingerprint density at radius 2 is 1.87 bits per heavy atom. The molecular formula is C23H31N7O. The molecule has 2 aliphatic rings. The van der Waals surface area contributed by atoms with E-state index in [4.69, 9.17) is 10.5 Å². The first-order valence-electron chi connectivity index (χ1n) is 11.4. The number of anilines is 2. The highest BCUT2D eigenvalue weighted by molar-refractivity contribution is 5.93. The molecule has 3 N–H and O–H groups in total. The molecule has 2 aromatic heterocycles. The van der Waals surface area contributed by atoms with Crippen molar-refractivity contribution in [3.05, 3.63) is 30.6 Å². The van der Waals surface area contributed by atoms with Gasteiger partial charge in [-0.3, -0.25) is 9.58 Å². The third-order valence-corrected chi connectivity index (χ3v) is 6.37. The zero-order chi connectivity index (χ0) is 21.0. The van der Waals surface area contributed by atoms with Crippen LogP contribution in [-0.2, 0) is 11.3 Å². The van der Waals surface area contributed by atoms with Crippen molar-refractivity contribution in [2.24, 2.45) is 0 Å². The number of nitrogens with one attached hydrogen (secondary N) is 1. The maximum Gasteiger partial charge on any atom is 0.222 e. The number of benzene rings is 1. The van der Waals surface area contributed by atoms with Crippen molar-refractivity contribution in [1.82, 2.24) is 24.6 Å². The Bertz CT molecular complexity index is 1020. The van der Waals surface area contributed by atoms with Gasteiger partial charge in [-0.05, 0) is 30.5 Å². The van der Waals surface area contributed by atoms with Gasteiger partial charge >= 0.3 is 0 Å². The number of nitrogens with two attached hydrogens (primary N) is 1. The Morgan fingerprint density at radius 3 is 2.71 bits per heavy atom. The van der Waals surface area contributed by atoms with E-state index in [2.05, 4.69) is 43.6 Å². The lowest BCUT2D eigenvalue weighted by Crippen LogP contribution is -2.38. The highest BCUT2D eigenvalue weighted by Crippen LogP contribution is 2.30. The van der Waals surface area contributed by atoms with Crippen molar-refractivity contribution < 1.29 is 4.74 Å². The van der Waals surface area contributed by atoms with Crippen LogP contribution < -0.4 is 11.1 Å². The largest absolute Gasteiger partial charge is 0.379 e. The topological polar surface area (TPSA) is 94.1 Å². The van der Waals surface area contributed by atoms with E-state index < -0.39 is 0 Å². The van der Waals surface area contributed by atoms with Crippen LogP contribution in [0.3, 0.4) is 0 Å². The van der Waals surface area contributed by atoms with Crippen LogP contribution in [0.5, 0.6) is 0 Å². The Morgan fingerprint density at radius 1 is 1.03 bits per heavy atom. The van der Waals surface area contributed by atoms with Gasteiger partial charge in [-0.25, -0.2) is 4.98 Å². The summed E-state index contributed by atoms with van der Waals surface area (Å²) in [5.74, 6) is 1.16.